The molecule has 3 N–H and O–H groups in total. The molecule has 4 unspecified atom stereocenters. The van der Waals surface area contributed by atoms with E-state index in [1.807, 2.05) is 0 Å². The molecule has 0 bridgehead atoms. The first-order chi connectivity index (χ1) is 39.4. The Labute approximate surface area is 498 Å². The van der Waals surface area contributed by atoms with E-state index in [4.69, 9.17) is 37.0 Å². The summed E-state index contributed by atoms with van der Waals surface area (Å²) in [5.74, 6) is -0.698. The van der Waals surface area contributed by atoms with Crippen molar-refractivity contribution < 1.29 is 80.2 Å². The average Bonchev–Trinajstić information content (AvgIpc) is 3.46. The average molecular weight is 1210 g/mol. The van der Waals surface area contributed by atoms with Gasteiger partial charge < -0.3 is 33.8 Å². The zero-order valence-corrected chi connectivity index (χ0v) is 54.6. The number of ether oxygens (including phenoxy) is 4. The summed E-state index contributed by atoms with van der Waals surface area (Å²) in [6, 6.07) is 0. The van der Waals surface area contributed by atoms with Crippen molar-refractivity contribution in [2.75, 3.05) is 39.6 Å². The Morgan fingerprint density at radius 1 is 0.341 bits per heavy atom. The van der Waals surface area contributed by atoms with Gasteiger partial charge in [0.25, 0.3) is 0 Å². The van der Waals surface area contributed by atoms with Gasteiger partial charge in [-0.15, -0.1) is 0 Å². The zero-order chi connectivity index (χ0) is 60.8. The molecule has 0 aromatic carbocycles. The fourth-order valence-corrected chi connectivity index (χ4v) is 10.9. The number of phosphoric acid groups is 2. The maximum atomic E-state index is 13.0. The van der Waals surface area contributed by atoms with Gasteiger partial charge in [-0.3, -0.25) is 37.3 Å². The third-order valence-corrected chi connectivity index (χ3v) is 17.1. The molecule has 82 heavy (non-hydrogen) atoms. The number of phosphoric ester groups is 2. The molecule has 0 heterocycles. The first kappa shape index (κ1) is 80.1. The normalized spacial score (nSPS) is 15.0. The lowest BCUT2D eigenvalue weighted by molar-refractivity contribution is -0.161. The second-order valence-electron chi connectivity index (χ2n) is 23.3. The van der Waals surface area contributed by atoms with Crippen molar-refractivity contribution in [1.29, 1.82) is 0 Å². The largest absolute Gasteiger partial charge is 0.472 e. The third-order valence-electron chi connectivity index (χ3n) is 15.2. The molecule has 0 aromatic rings. The van der Waals surface area contributed by atoms with Gasteiger partial charge in [0.1, 0.15) is 19.3 Å². The van der Waals surface area contributed by atoms with Crippen molar-refractivity contribution in [3.8, 4) is 0 Å². The summed E-state index contributed by atoms with van der Waals surface area (Å²) in [7, 11) is -9.88. The van der Waals surface area contributed by atoms with Crippen molar-refractivity contribution in [3.63, 3.8) is 0 Å². The predicted molar refractivity (Wildman–Crippen MR) is 326 cm³/mol. The number of aliphatic hydroxyl groups is 1. The highest BCUT2D eigenvalue weighted by Gasteiger charge is 2.30. The molecular formula is C63H122O17P2. The molecule has 7 atom stereocenters. The van der Waals surface area contributed by atoms with E-state index < -0.39 is 97.5 Å². The Morgan fingerprint density at radius 2 is 0.585 bits per heavy atom. The fraction of sp³-hybridized carbons (Fsp3) is 0.937. The van der Waals surface area contributed by atoms with Crippen LogP contribution in [0.5, 0.6) is 0 Å². The molecule has 19 heteroatoms. The summed E-state index contributed by atoms with van der Waals surface area (Å²) in [4.78, 5) is 71.9. The molecule has 0 aromatic heterocycles. The lowest BCUT2D eigenvalue weighted by Crippen LogP contribution is -2.30. The van der Waals surface area contributed by atoms with Crippen LogP contribution in [0.3, 0.4) is 0 Å². The van der Waals surface area contributed by atoms with Gasteiger partial charge in [-0.1, -0.05) is 260 Å². The molecule has 0 saturated heterocycles. The molecule has 0 spiro atoms. The predicted octanol–water partition coefficient (Wildman–Crippen LogP) is 17.3. The highest BCUT2D eigenvalue weighted by atomic mass is 31.2. The maximum Gasteiger partial charge on any atom is 0.472 e. The van der Waals surface area contributed by atoms with Crippen LogP contribution in [0, 0.1) is 11.8 Å². The van der Waals surface area contributed by atoms with E-state index in [1.54, 1.807) is 0 Å². The van der Waals surface area contributed by atoms with Gasteiger partial charge in [0.2, 0.25) is 0 Å². The first-order valence-corrected chi connectivity index (χ1v) is 36.1. The first-order valence-electron chi connectivity index (χ1n) is 33.1. The molecule has 0 aliphatic rings. The van der Waals surface area contributed by atoms with Gasteiger partial charge in [-0.2, -0.15) is 0 Å². The molecule has 17 nitrogen and oxygen atoms in total. The fourth-order valence-electron chi connectivity index (χ4n) is 9.29. The van der Waals surface area contributed by atoms with Crippen LogP contribution in [0.1, 0.15) is 311 Å². The summed E-state index contributed by atoms with van der Waals surface area (Å²) in [6.45, 7) is 9.31. The van der Waals surface area contributed by atoms with Crippen LogP contribution >= 0.6 is 15.6 Å². The van der Waals surface area contributed by atoms with Crippen molar-refractivity contribution >= 4 is 39.5 Å². The van der Waals surface area contributed by atoms with Crippen LogP contribution in [-0.4, -0.2) is 96.7 Å². The molecule has 0 fully saturated rings. The SMILES string of the molecule is CCCCCCCCCCCCCCCCCCCC(=O)O[C@H](COC(=O)CCCCCCCCC(C)CC)COP(=O)(O)OC[C@@H](O)COP(=O)(O)OC[C@@H](COC(=O)CCCCCCC)OC(=O)CCCCCCCCC(C)CC. The summed E-state index contributed by atoms with van der Waals surface area (Å²) in [5, 5.41) is 10.5. The summed E-state index contributed by atoms with van der Waals surface area (Å²) in [5.41, 5.74) is 0. The van der Waals surface area contributed by atoms with Crippen LogP contribution in [0.15, 0.2) is 0 Å². The molecule has 0 amide bonds. The standard InChI is InChI=1S/C63H122O17P2/c1-7-11-13-15-16-17-18-19-20-21-22-23-24-25-26-35-41-47-62(67)79-59(52-74-61(66)46-40-34-29-27-32-37-43-55(5)9-3)54-78-82(71,72)76-50-57(64)49-75-81(69,70)77-53-58(51-73-60(65)45-39-31-14-12-8-2)80-63(68)48-42-36-30-28-33-38-44-56(6)10-4/h55-59,64H,7-54H2,1-6H3,(H,69,70)(H,71,72)/t55?,56?,57-,58+,59+/m0/s1. The van der Waals surface area contributed by atoms with E-state index in [-0.39, 0.29) is 25.7 Å². The minimum absolute atomic E-state index is 0.102. The van der Waals surface area contributed by atoms with Gasteiger partial charge in [-0.05, 0) is 37.5 Å². The Kier molecular flexibility index (Phi) is 54.3. The summed E-state index contributed by atoms with van der Waals surface area (Å²) >= 11 is 0. The molecular weight excluding hydrogens is 1090 g/mol. The number of rotatable bonds is 62. The lowest BCUT2D eigenvalue weighted by Gasteiger charge is -2.21. The summed E-state index contributed by atoms with van der Waals surface area (Å²) < 4.78 is 67.7. The van der Waals surface area contributed by atoms with Crippen LogP contribution < -0.4 is 0 Å². The van der Waals surface area contributed by atoms with E-state index in [0.29, 0.717) is 25.7 Å². The minimum Gasteiger partial charge on any atom is -0.462 e. The van der Waals surface area contributed by atoms with Crippen LogP contribution in [-0.2, 0) is 65.4 Å². The Morgan fingerprint density at radius 3 is 0.866 bits per heavy atom. The topological polar surface area (TPSA) is 237 Å². The van der Waals surface area contributed by atoms with E-state index >= 15 is 0 Å². The van der Waals surface area contributed by atoms with Crippen molar-refractivity contribution in [2.45, 2.75) is 330 Å². The molecule has 486 valence electrons. The van der Waals surface area contributed by atoms with E-state index in [1.165, 1.54) is 116 Å². The highest BCUT2D eigenvalue weighted by molar-refractivity contribution is 7.47. The van der Waals surface area contributed by atoms with E-state index in [2.05, 4.69) is 41.5 Å². The number of hydrogen-bond donors (Lipinski definition) is 3. The zero-order valence-electron chi connectivity index (χ0n) is 52.8. The smallest absolute Gasteiger partial charge is 0.462 e. The number of aliphatic hydroxyl groups excluding tert-OH is 1. The van der Waals surface area contributed by atoms with Crippen LogP contribution in [0.2, 0.25) is 0 Å². The quantitative estimate of drug-likeness (QED) is 0.0222. The summed E-state index contributed by atoms with van der Waals surface area (Å²) in [6.07, 6.45) is 38.1. The van der Waals surface area contributed by atoms with Crippen LogP contribution in [0.4, 0.5) is 0 Å². The molecule has 0 aliphatic carbocycles. The Hall–Kier alpha value is -1.94. The maximum absolute atomic E-state index is 13.0. The van der Waals surface area contributed by atoms with Gasteiger partial charge >= 0.3 is 39.5 Å². The van der Waals surface area contributed by atoms with Gasteiger partial charge in [0, 0.05) is 25.7 Å². The van der Waals surface area contributed by atoms with Crippen molar-refractivity contribution in [1.82, 2.24) is 0 Å². The second-order valence-corrected chi connectivity index (χ2v) is 26.2. The van der Waals surface area contributed by atoms with E-state index in [0.717, 1.165) is 115 Å². The number of hydrogen-bond acceptors (Lipinski definition) is 15. The molecule has 0 saturated carbocycles. The number of esters is 4. The number of unbranched alkanes of at least 4 members (excludes halogenated alkanes) is 30. The second kappa shape index (κ2) is 55.6. The minimum atomic E-state index is -4.94. The monoisotopic (exact) mass is 1210 g/mol. The third kappa shape index (κ3) is 54.7. The number of carbonyl (C=O) groups excluding carboxylic acids is 4. The molecule has 0 radical (unpaired) electrons. The molecule has 0 rings (SSSR count). The number of carbonyl (C=O) groups is 4. The van der Waals surface area contributed by atoms with Crippen molar-refractivity contribution in [2.24, 2.45) is 11.8 Å². The highest BCUT2D eigenvalue weighted by Crippen LogP contribution is 2.45. The Balaban J connectivity index is 5.16. The van der Waals surface area contributed by atoms with Gasteiger partial charge in [-0.25, -0.2) is 9.13 Å². The van der Waals surface area contributed by atoms with Crippen LogP contribution in [0.25, 0.3) is 0 Å². The van der Waals surface area contributed by atoms with Crippen molar-refractivity contribution in [3.05, 3.63) is 0 Å². The van der Waals surface area contributed by atoms with Gasteiger partial charge in [0.05, 0.1) is 26.4 Å². The van der Waals surface area contributed by atoms with E-state index in [9.17, 15) is 43.2 Å². The lowest BCUT2D eigenvalue weighted by atomic mass is 10.00. The molecule has 0 aliphatic heterocycles. The van der Waals surface area contributed by atoms with Gasteiger partial charge in [0.15, 0.2) is 12.2 Å². The Bertz CT molecular complexity index is 1620.